The molecule has 10 nitrogen and oxygen atoms in total. The molecule has 11 heteroatoms. The fourth-order valence-electron chi connectivity index (χ4n) is 6.81. The summed E-state index contributed by atoms with van der Waals surface area (Å²) in [4.78, 5) is 28.7. The van der Waals surface area contributed by atoms with Gasteiger partial charge in [-0.3, -0.25) is 14.8 Å². The number of hydroxylamine groups is 1. The number of rotatable bonds is 16. The normalized spacial score (nSPS) is 16.6. The Hall–Kier alpha value is -5.56. The third-order valence-corrected chi connectivity index (χ3v) is 10.8. The first kappa shape index (κ1) is 39.7. The van der Waals surface area contributed by atoms with Gasteiger partial charge in [0.05, 0.1) is 18.8 Å². The number of aromatic nitrogens is 1. The molecule has 4 N–H and O–H groups in total. The average molecular weight is 784 g/mol. The molecule has 3 atom stereocenters. The van der Waals surface area contributed by atoms with E-state index in [0.717, 1.165) is 56.0 Å². The molecule has 0 unspecified atom stereocenters. The highest BCUT2D eigenvalue weighted by atomic mass is 32.2. The van der Waals surface area contributed by atoms with Gasteiger partial charge in [0.2, 0.25) is 11.8 Å². The number of nitrogens with one attached hydrogen (secondary N) is 2. The Labute approximate surface area is 336 Å². The third kappa shape index (κ3) is 10.4. The molecule has 1 saturated heterocycles. The van der Waals surface area contributed by atoms with Crippen molar-refractivity contribution in [3.05, 3.63) is 156 Å². The van der Waals surface area contributed by atoms with E-state index in [-0.39, 0.29) is 31.1 Å². The summed E-state index contributed by atoms with van der Waals surface area (Å²) in [5, 5.41) is 21.9. The maximum Gasteiger partial charge on any atom is 0.256 e. The minimum atomic E-state index is -0.636. The number of hydrogen-bond acceptors (Lipinski definition) is 9. The number of ether oxygens (including phenoxy) is 2. The van der Waals surface area contributed by atoms with Crippen LogP contribution in [-0.2, 0) is 32.2 Å². The average Bonchev–Trinajstić information content (AvgIpc) is 3.71. The summed E-state index contributed by atoms with van der Waals surface area (Å²) in [6.45, 7) is 0.334. The minimum Gasteiger partial charge on any atom is -0.431 e. The van der Waals surface area contributed by atoms with Crippen LogP contribution in [0.25, 0.3) is 33.7 Å². The van der Waals surface area contributed by atoms with Gasteiger partial charge in [-0.2, -0.15) is 0 Å². The number of nitrogens with zero attached hydrogens (tertiary/aromatic N) is 1. The first-order valence-electron chi connectivity index (χ1n) is 19.1. The molecule has 2 amide bonds. The monoisotopic (exact) mass is 783 g/mol. The van der Waals surface area contributed by atoms with E-state index >= 15 is 0 Å². The maximum atomic E-state index is 12.5. The van der Waals surface area contributed by atoms with E-state index in [2.05, 4.69) is 5.32 Å². The molecule has 0 spiro atoms. The Morgan fingerprint density at radius 2 is 1.37 bits per heavy atom. The SMILES string of the molecule is O=C(CCCCC(=O)NCc1ccccc1-c1ccc([C@H]2O[C@@H](CSc3nc(-c4ccccc4)c(-c4ccccc4)o3)C[C@@H](c3ccc(CO)cc3)O2)cc1)NO. The van der Waals surface area contributed by atoms with Crippen LogP contribution < -0.4 is 10.8 Å². The lowest BCUT2D eigenvalue weighted by Gasteiger charge is -2.36. The highest BCUT2D eigenvalue weighted by Gasteiger charge is 2.33. The zero-order chi connectivity index (χ0) is 39.4. The third-order valence-electron chi connectivity index (χ3n) is 9.87. The van der Waals surface area contributed by atoms with Crippen LogP contribution in [0.3, 0.4) is 0 Å². The van der Waals surface area contributed by atoms with E-state index in [9.17, 15) is 14.7 Å². The number of aliphatic hydroxyl groups is 1. The first-order valence-corrected chi connectivity index (χ1v) is 20.1. The first-order chi connectivity index (χ1) is 28.0. The van der Waals surface area contributed by atoms with Crippen molar-refractivity contribution in [2.45, 2.75) is 69.0 Å². The van der Waals surface area contributed by atoms with Crippen LogP contribution in [-0.4, -0.2) is 39.0 Å². The van der Waals surface area contributed by atoms with Gasteiger partial charge < -0.3 is 24.3 Å². The standard InChI is InChI=1S/C46H45N3O7S/c50-29-31-19-21-33(22-20-31)40-27-38(30-57-46-48-43(34-11-3-1-4-12-34)44(56-46)35-13-5-2-6-14-35)54-45(55-40)36-25-23-32(24-26-36)39-16-8-7-15-37(39)28-47-41(51)17-9-10-18-42(52)49-53/h1-8,11-16,19-26,38,40,45,50,53H,9-10,17-18,27-30H2,(H,47,51)(H,49,52)/t38-,40+,45+/m1/s1. The van der Waals surface area contributed by atoms with Crippen LogP contribution in [0.4, 0.5) is 0 Å². The van der Waals surface area contributed by atoms with Gasteiger partial charge in [-0.25, -0.2) is 10.5 Å². The van der Waals surface area contributed by atoms with Crippen molar-refractivity contribution in [1.82, 2.24) is 15.8 Å². The van der Waals surface area contributed by atoms with Gasteiger partial charge in [0.1, 0.15) is 5.69 Å². The smallest absolute Gasteiger partial charge is 0.256 e. The van der Waals surface area contributed by atoms with Crippen molar-refractivity contribution in [3.8, 4) is 33.7 Å². The Morgan fingerprint density at radius 1 is 0.719 bits per heavy atom. The number of unbranched alkanes of at least 4 members (excludes halogenated alkanes) is 1. The molecular weight excluding hydrogens is 739 g/mol. The van der Waals surface area contributed by atoms with Gasteiger partial charge in [0.25, 0.3) is 5.22 Å². The fourth-order valence-corrected chi connectivity index (χ4v) is 7.65. The van der Waals surface area contributed by atoms with Gasteiger partial charge in [-0.15, -0.1) is 0 Å². The molecule has 1 aliphatic rings. The van der Waals surface area contributed by atoms with E-state index in [1.54, 1.807) is 5.48 Å². The van der Waals surface area contributed by atoms with Crippen molar-refractivity contribution in [2.75, 3.05) is 5.75 Å². The number of carbonyl (C=O) groups is 2. The molecule has 0 radical (unpaired) electrons. The Bertz CT molecular complexity index is 2160. The topological polar surface area (TPSA) is 143 Å². The van der Waals surface area contributed by atoms with E-state index in [1.165, 1.54) is 11.8 Å². The summed E-state index contributed by atoms with van der Waals surface area (Å²) in [5.74, 6) is 0.759. The Kier molecular flexibility index (Phi) is 13.6. The number of oxazole rings is 1. The molecule has 5 aromatic carbocycles. The molecule has 2 heterocycles. The maximum absolute atomic E-state index is 12.5. The second kappa shape index (κ2) is 19.5. The van der Waals surface area contributed by atoms with Gasteiger partial charge in [0, 0.05) is 48.3 Å². The van der Waals surface area contributed by atoms with Crippen LogP contribution >= 0.6 is 11.8 Å². The number of amides is 2. The largest absolute Gasteiger partial charge is 0.431 e. The fraction of sp³-hybridized carbons (Fsp3) is 0.239. The van der Waals surface area contributed by atoms with E-state index < -0.39 is 12.2 Å². The molecule has 0 bridgehead atoms. The second-order valence-corrected chi connectivity index (χ2v) is 14.8. The number of benzene rings is 5. The molecule has 292 valence electrons. The lowest BCUT2D eigenvalue weighted by molar-refractivity contribution is -0.245. The zero-order valence-corrected chi connectivity index (χ0v) is 32.2. The molecule has 0 aliphatic carbocycles. The van der Waals surface area contributed by atoms with E-state index in [4.69, 9.17) is 24.1 Å². The lowest BCUT2D eigenvalue weighted by Crippen LogP contribution is -2.31. The number of thioether (sulfide) groups is 1. The van der Waals surface area contributed by atoms with Gasteiger partial charge in [-0.05, 0) is 40.7 Å². The number of carbonyl (C=O) groups excluding carboxylic acids is 2. The van der Waals surface area contributed by atoms with E-state index in [1.807, 2.05) is 133 Å². The van der Waals surface area contributed by atoms with Crippen LogP contribution in [0.15, 0.2) is 143 Å². The van der Waals surface area contributed by atoms with Gasteiger partial charge >= 0.3 is 0 Å². The Balaban J connectivity index is 1.06. The molecule has 1 aliphatic heterocycles. The zero-order valence-electron chi connectivity index (χ0n) is 31.4. The summed E-state index contributed by atoms with van der Waals surface area (Å²) in [5.41, 5.74) is 10.0. The van der Waals surface area contributed by atoms with Crippen LogP contribution in [0, 0.1) is 0 Å². The predicted octanol–water partition coefficient (Wildman–Crippen LogP) is 9.19. The molecule has 1 fully saturated rings. The van der Waals surface area contributed by atoms with Crippen LogP contribution in [0.2, 0.25) is 0 Å². The van der Waals surface area contributed by atoms with Crippen molar-refractivity contribution in [3.63, 3.8) is 0 Å². The highest BCUT2D eigenvalue weighted by Crippen LogP contribution is 2.41. The summed E-state index contributed by atoms with van der Waals surface area (Å²) in [6, 6.07) is 44.0. The predicted molar refractivity (Wildman–Crippen MR) is 219 cm³/mol. The van der Waals surface area contributed by atoms with Crippen molar-refractivity contribution >= 4 is 23.6 Å². The Morgan fingerprint density at radius 3 is 2.07 bits per heavy atom. The minimum absolute atomic E-state index is 0.0296. The summed E-state index contributed by atoms with van der Waals surface area (Å²) >= 11 is 1.52. The van der Waals surface area contributed by atoms with E-state index in [0.29, 0.717) is 43.2 Å². The quantitative estimate of drug-likeness (QED) is 0.0327. The second-order valence-electron chi connectivity index (χ2n) is 13.8. The molecule has 7 rings (SSSR count). The molecular formula is C46H45N3O7S. The van der Waals surface area contributed by atoms with Crippen molar-refractivity contribution in [1.29, 1.82) is 0 Å². The number of hydrogen-bond donors (Lipinski definition) is 4. The summed E-state index contributed by atoms with van der Waals surface area (Å²) in [6.07, 6.45) is 1.07. The van der Waals surface area contributed by atoms with Crippen molar-refractivity contribution in [2.24, 2.45) is 0 Å². The summed E-state index contributed by atoms with van der Waals surface area (Å²) < 4.78 is 19.7. The van der Waals surface area contributed by atoms with Crippen LogP contribution in [0.1, 0.15) is 66.8 Å². The van der Waals surface area contributed by atoms with Crippen molar-refractivity contribution < 1.29 is 33.8 Å². The number of aliphatic hydroxyl groups excluding tert-OH is 1. The van der Waals surface area contributed by atoms with Gasteiger partial charge in [-0.1, -0.05) is 145 Å². The highest BCUT2D eigenvalue weighted by molar-refractivity contribution is 7.99. The summed E-state index contributed by atoms with van der Waals surface area (Å²) in [7, 11) is 0. The molecule has 57 heavy (non-hydrogen) atoms. The lowest BCUT2D eigenvalue weighted by atomic mass is 9.97. The molecule has 0 saturated carbocycles. The van der Waals surface area contributed by atoms with Crippen LogP contribution in [0.5, 0.6) is 0 Å². The molecule has 6 aromatic rings. The van der Waals surface area contributed by atoms with Gasteiger partial charge in [0.15, 0.2) is 12.1 Å². The molecule has 1 aromatic heterocycles.